The third-order valence-electron chi connectivity index (χ3n) is 4.97. The van der Waals surface area contributed by atoms with Crippen LogP contribution in [0.15, 0.2) is 46.9 Å². The highest BCUT2D eigenvalue weighted by atomic mass is 16.6. The maximum absolute atomic E-state index is 12.4. The number of hydrogen-bond acceptors (Lipinski definition) is 7. The van der Waals surface area contributed by atoms with Crippen LogP contribution in [0.1, 0.15) is 10.6 Å². The van der Waals surface area contributed by atoms with Crippen LogP contribution in [-0.4, -0.2) is 52.5 Å². The smallest absolute Gasteiger partial charge is 0.414 e. The van der Waals surface area contributed by atoms with Crippen LogP contribution in [0.25, 0.3) is 11.0 Å². The molecule has 0 saturated carbocycles. The van der Waals surface area contributed by atoms with E-state index in [0.717, 1.165) is 5.39 Å². The van der Waals surface area contributed by atoms with Gasteiger partial charge in [-0.25, -0.2) is 4.79 Å². The summed E-state index contributed by atoms with van der Waals surface area (Å²) in [4.78, 5) is 26.3. The Balaban J connectivity index is 1.44. The average molecular weight is 426 g/mol. The molecule has 1 fully saturated rings. The summed E-state index contributed by atoms with van der Waals surface area (Å²) in [5.74, 6) is 1.10. The number of rotatable bonds is 7. The molecule has 1 aliphatic heterocycles. The maximum Gasteiger partial charge on any atom is 0.414 e. The number of ether oxygens (including phenoxy) is 4. The first-order valence-electron chi connectivity index (χ1n) is 9.59. The van der Waals surface area contributed by atoms with E-state index < -0.39 is 12.2 Å². The number of nitrogens with zero attached hydrogens (tertiary/aromatic N) is 1. The van der Waals surface area contributed by atoms with Gasteiger partial charge in [0.1, 0.15) is 11.7 Å². The fraction of sp³-hybridized carbons (Fsp3) is 0.273. The highest BCUT2D eigenvalue weighted by Gasteiger charge is 2.34. The van der Waals surface area contributed by atoms with E-state index in [0.29, 0.717) is 28.5 Å². The van der Waals surface area contributed by atoms with E-state index >= 15 is 0 Å². The first-order valence-corrected chi connectivity index (χ1v) is 9.59. The Labute approximate surface area is 178 Å². The number of methoxy groups -OCH3 is 3. The second-order valence-corrected chi connectivity index (χ2v) is 6.86. The minimum atomic E-state index is -0.530. The molecule has 0 bridgehead atoms. The first-order chi connectivity index (χ1) is 15.0. The van der Waals surface area contributed by atoms with Crippen molar-refractivity contribution in [2.24, 2.45) is 0 Å². The number of anilines is 1. The summed E-state index contributed by atoms with van der Waals surface area (Å²) in [5.41, 5.74) is 1.17. The molecular formula is C22H22N2O7. The van der Waals surface area contributed by atoms with Gasteiger partial charge >= 0.3 is 6.09 Å². The molecule has 9 heteroatoms. The van der Waals surface area contributed by atoms with E-state index in [4.69, 9.17) is 23.4 Å². The fourth-order valence-corrected chi connectivity index (χ4v) is 3.45. The van der Waals surface area contributed by atoms with Crippen LogP contribution in [0.5, 0.6) is 17.2 Å². The number of furan rings is 1. The van der Waals surface area contributed by atoms with Crippen molar-refractivity contribution in [3.63, 3.8) is 0 Å². The Morgan fingerprint density at radius 1 is 1.10 bits per heavy atom. The number of hydrogen-bond donors (Lipinski definition) is 1. The van der Waals surface area contributed by atoms with Crippen LogP contribution in [0.2, 0.25) is 0 Å². The Morgan fingerprint density at radius 3 is 2.45 bits per heavy atom. The third-order valence-corrected chi connectivity index (χ3v) is 4.97. The van der Waals surface area contributed by atoms with Crippen molar-refractivity contribution >= 4 is 28.7 Å². The van der Waals surface area contributed by atoms with Gasteiger partial charge in [-0.05, 0) is 12.1 Å². The van der Waals surface area contributed by atoms with Crippen LogP contribution < -0.4 is 24.4 Å². The van der Waals surface area contributed by atoms with Gasteiger partial charge in [-0.2, -0.15) is 0 Å². The Kier molecular flexibility index (Phi) is 5.57. The average Bonchev–Trinajstić information content (AvgIpc) is 3.39. The molecule has 162 valence electrons. The van der Waals surface area contributed by atoms with Crippen molar-refractivity contribution in [2.45, 2.75) is 6.10 Å². The predicted molar refractivity (Wildman–Crippen MR) is 112 cm³/mol. The van der Waals surface area contributed by atoms with Crippen molar-refractivity contribution in [1.29, 1.82) is 0 Å². The molecule has 2 aromatic carbocycles. The summed E-state index contributed by atoms with van der Waals surface area (Å²) in [6, 6.07) is 12.4. The summed E-state index contributed by atoms with van der Waals surface area (Å²) < 4.78 is 27.0. The summed E-state index contributed by atoms with van der Waals surface area (Å²) in [6.45, 7) is 0.389. The van der Waals surface area contributed by atoms with Crippen LogP contribution in [0.4, 0.5) is 10.5 Å². The van der Waals surface area contributed by atoms with Gasteiger partial charge in [0.15, 0.2) is 17.3 Å². The van der Waals surface area contributed by atoms with E-state index in [1.54, 1.807) is 24.3 Å². The number of fused-ring (bicyclic) bond motifs is 1. The molecule has 0 spiro atoms. The highest BCUT2D eigenvalue weighted by Crippen LogP contribution is 2.41. The van der Waals surface area contributed by atoms with Gasteiger partial charge < -0.3 is 28.7 Å². The predicted octanol–water partition coefficient (Wildman–Crippen LogP) is 3.21. The normalized spacial score (nSPS) is 15.6. The number of cyclic esters (lactones) is 1. The molecule has 1 atom stereocenters. The monoisotopic (exact) mass is 426 g/mol. The topological polar surface area (TPSA) is 99.5 Å². The van der Waals surface area contributed by atoms with E-state index in [2.05, 4.69) is 5.32 Å². The van der Waals surface area contributed by atoms with Crippen molar-refractivity contribution in [3.05, 3.63) is 48.2 Å². The molecule has 0 unspecified atom stereocenters. The van der Waals surface area contributed by atoms with Gasteiger partial charge in [0.2, 0.25) is 5.75 Å². The summed E-state index contributed by atoms with van der Waals surface area (Å²) in [5, 5.41) is 3.59. The SMILES string of the molecule is COc1cc(N2C[C@@H](CNC(=O)c3cc4ccccc4o3)OC2=O)cc(OC)c1OC. The van der Waals surface area contributed by atoms with Gasteiger partial charge in [-0.15, -0.1) is 0 Å². The largest absolute Gasteiger partial charge is 0.493 e. The number of carbonyl (C=O) groups is 2. The zero-order valence-corrected chi connectivity index (χ0v) is 17.3. The molecule has 2 heterocycles. The zero-order chi connectivity index (χ0) is 22.0. The van der Waals surface area contributed by atoms with Crippen LogP contribution in [0.3, 0.4) is 0 Å². The van der Waals surface area contributed by atoms with Crippen molar-refractivity contribution < 1.29 is 33.0 Å². The van der Waals surface area contributed by atoms with E-state index in [9.17, 15) is 9.59 Å². The number of benzene rings is 2. The molecule has 4 rings (SSSR count). The van der Waals surface area contributed by atoms with Crippen molar-refractivity contribution in [2.75, 3.05) is 39.3 Å². The fourth-order valence-electron chi connectivity index (χ4n) is 3.45. The summed E-state index contributed by atoms with van der Waals surface area (Å²) >= 11 is 0. The zero-order valence-electron chi connectivity index (χ0n) is 17.3. The first kappa shape index (κ1) is 20.4. The number of carbonyl (C=O) groups excluding carboxylic acids is 2. The lowest BCUT2D eigenvalue weighted by molar-refractivity contribution is 0.0891. The minimum Gasteiger partial charge on any atom is -0.493 e. The third kappa shape index (κ3) is 3.94. The number of nitrogens with one attached hydrogen (secondary N) is 1. The standard InChI is InChI=1S/C22H22N2O7/c1-27-17-9-14(10-18(28-2)20(17)29-3)24-12-15(30-22(24)26)11-23-21(25)19-8-13-6-4-5-7-16(13)31-19/h4-10,15H,11-12H2,1-3H3,(H,23,25)/t15-/m1/s1. The van der Waals surface area contributed by atoms with Crippen molar-refractivity contribution in [1.82, 2.24) is 5.32 Å². The maximum atomic E-state index is 12.4. The quantitative estimate of drug-likeness (QED) is 0.619. The molecule has 1 N–H and O–H groups in total. The molecule has 1 aliphatic rings. The van der Waals surface area contributed by atoms with E-state index in [1.165, 1.54) is 26.2 Å². The lowest BCUT2D eigenvalue weighted by Crippen LogP contribution is -2.34. The molecule has 2 amide bonds. The summed E-state index contributed by atoms with van der Waals surface area (Å²) in [6.07, 6.45) is -1.06. The van der Waals surface area contributed by atoms with Crippen molar-refractivity contribution in [3.8, 4) is 17.2 Å². The van der Waals surface area contributed by atoms with E-state index in [-0.39, 0.29) is 24.8 Å². The highest BCUT2D eigenvalue weighted by molar-refractivity contribution is 5.96. The second kappa shape index (κ2) is 8.47. The number of para-hydroxylation sites is 1. The molecule has 1 aromatic heterocycles. The van der Waals surface area contributed by atoms with Gasteiger partial charge in [-0.1, -0.05) is 18.2 Å². The molecular weight excluding hydrogens is 404 g/mol. The minimum absolute atomic E-state index is 0.141. The van der Waals surface area contributed by atoms with Gasteiger partial charge in [-0.3, -0.25) is 9.69 Å². The van der Waals surface area contributed by atoms with Gasteiger partial charge in [0.05, 0.1) is 40.1 Å². The van der Waals surface area contributed by atoms with Crippen LogP contribution >= 0.6 is 0 Å². The lowest BCUT2D eigenvalue weighted by Gasteiger charge is -2.18. The molecule has 0 radical (unpaired) electrons. The van der Waals surface area contributed by atoms with Crippen LogP contribution in [0, 0.1) is 0 Å². The van der Waals surface area contributed by atoms with Gasteiger partial charge in [0, 0.05) is 17.5 Å². The Bertz CT molecular complexity index is 1070. The molecule has 9 nitrogen and oxygen atoms in total. The molecule has 31 heavy (non-hydrogen) atoms. The summed E-state index contributed by atoms with van der Waals surface area (Å²) in [7, 11) is 4.50. The molecule has 3 aromatic rings. The Morgan fingerprint density at radius 2 is 1.81 bits per heavy atom. The van der Waals surface area contributed by atoms with E-state index in [1.807, 2.05) is 18.2 Å². The number of amides is 2. The molecule has 1 saturated heterocycles. The lowest BCUT2D eigenvalue weighted by atomic mass is 10.2. The van der Waals surface area contributed by atoms with Gasteiger partial charge in [0.25, 0.3) is 5.91 Å². The molecule has 0 aliphatic carbocycles. The second-order valence-electron chi connectivity index (χ2n) is 6.86. The Hall–Kier alpha value is -3.88. The van der Waals surface area contributed by atoms with Crippen LogP contribution in [-0.2, 0) is 4.74 Å².